The number of benzene rings is 2. The molecule has 0 aromatic heterocycles. The molecule has 3 nitrogen and oxygen atoms in total. The summed E-state index contributed by atoms with van der Waals surface area (Å²) in [5.41, 5.74) is 4.72. The van der Waals surface area contributed by atoms with Gasteiger partial charge < -0.3 is 5.73 Å². The number of nitrogens with two attached hydrogens (primary N) is 1. The van der Waals surface area contributed by atoms with Gasteiger partial charge in [0.15, 0.2) is 0 Å². The molecular weight excluding hydrogens is 291 g/mol. The van der Waals surface area contributed by atoms with Crippen LogP contribution in [0.1, 0.15) is 11.1 Å². The molecule has 1 aliphatic rings. The Hall–Kier alpha value is -2.63. The van der Waals surface area contributed by atoms with Crippen LogP contribution in [0, 0.1) is 0 Å². The van der Waals surface area contributed by atoms with E-state index in [-0.39, 0.29) is 5.57 Å². The van der Waals surface area contributed by atoms with E-state index in [4.69, 9.17) is 5.73 Å². The van der Waals surface area contributed by atoms with Crippen LogP contribution >= 0.6 is 0 Å². The minimum atomic E-state index is -4.57. The van der Waals surface area contributed by atoms with Crippen molar-refractivity contribution in [2.75, 3.05) is 5.73 Å². The highest BCUT2D eigenvalue weighted by Crippen LogP contribution is 2.53. The fourth-order valence-electron chi connectivity index (χ4n) is 2.19. The Morgan fingerprint density at radius 3 is 2.05 bits per heavy atom. The molecule has 6 heteroatoms. The summed E-state index contributed by atoms with van der Waals surface area (Å²) in [6.45, 7) is 0. The summed E-state index contributed by atoms with van der Waals surface area (Å²) in [6, 6.07) is 14.9. The molecule has 0 aliphatic carbocycles. The van der Waals surface area contributed by atoms with Crippen molar-refractivity contribution in [1.82, 2.24) is 0 Å². The molecule has 22 heavy (non-hydrogen) atoms. The van der Waals surface area contributed by atoms with E-state index in [0.29, 0.717) is 16.8 Å². The number of alkyl halides is 3. The van der Waals surface area contributed by atoms with Crippen molar-refractivity contribution in [2.24, 2.45) is 10.2 Å². The molecule has 0 amide bonds. The molecular formula is C16H12F3N3. The minimum Gasteiger partial charge on any atom is -0.399 e. The minimum absolute atomic E-state index is 0.00497. The van der Waals surface area contributed by atoms with Gasteiger partial charge in [-0.25, -0.2) is 0 Å². The van der Waals surface area contributed by atoms with Crippen molar-refractivity contribution in [3.63, 3.8) is 0 Å². The molecule has 112 valence electrons. The molecule has 0 radical (unpaired) electrons. The zero-order valence-corrected chi connectivity index (χ0v) is 11.4. The Labute approximate surface area is 125 Å². The van der Waals surface area contributed by atoms with Gasteiger partial charge in [-0.05, 0) is 29.3 Å². The third kappa shape index (κ3) is 2.47. The van der Waals surface area contributed by atoms with Crippen molar-refractivity contribution < 1.29 is 13.2 Å². The summed E-state index contributed by atoms with van der Waals surface area (Å²) in [7, 11) is 0. The van der Waals surface area contributed by atoms with Gasteiger partial charge in [0.05, 0.1) is 0 Å². The number of rotatable bonds is 3. The zero-order valence-electron chi connectivity index (χ0n) is 11.4. The molecule has 2 aromatic carbocycles. The van der Waals surface area contributed by atoms with Crippen LogP contribution in [-0.4, -0.2) is 11.8 Å². The Morgan fingerprint density at radius 1 is 0.955 bits per heavy atom. The van der Waals surface area contributed by atoms with Crippen molar-refractivity contribution in [3.05, 3.63) is 65.7 Å². The van der Waals surface area contributed by atoms with E-state index in [2.05, 4.69) is 10.2 Å². The Balaban J connectivity index is 2.11. The van der Waals surface area contributed by atoms with Crippen molar-refractivity contribution in [1.29, 1.82) is 0 Å². The smallest absolute Gasteiger partial charge is 0.399 e. The maximum absolute atomic E-state index is 13.4. The Kier molecular flexibility index (Phi) is 3.24. The molecule has 0 fully saturated rings. The fraction of sp³-hybridized carbons (Fsp3) is 0.125. The van der Waals surface area contributed by atoms with Gasteiger partial charge in [0.2, 0.25) is 0 Å². The highest BCUT2D eigenvalue weighted by Gasteiger charge is 2.66. The number of nitrogens with zero attached hydrogens (tertiary/aromatic N) is 2. The predicted molar refractivity (Wildman–Crippen MR) is 78.8 cm³/mol. The highest BCUT2D eigenvalue weighted by atomic mass is 19.4. The second-order valence-electron chi connectivity index (χ2n) is 4.96. The largest absolute Gasteiger partial charge is 0.442 e. The number of nitrogen functional groups attached to an aromatic ring is 1. The lowest BCUT2D eigenvalue weighted by molar-refractivity contribution is -0.148. The monoisotopic (exact) mass is 303 g/mol. The van der Waals surface area contributed by atoms with Gasteiger partial charge in [0.1, 0.15) is 0 Å². The fourth-order valence-corrected chi connectivity index (χ4v) is 2.19. The molecule has 1 aliphatic heterocycles. The molecule has 0 atom stereocenters. The average molecular weight is 303 g/mol. The number of halogens is 3. The first-order valence-corrected chi connectivity index (χ1v) is 6.56. The standard InChI is InChI=1S/C16H12F3N3/c17-16(18,19)15(21-22-15)14(12-4-2-1-3-5-12)10-11-6-8-13(20)9-7-11/h1-10H,20H2. The first-order valence-electron chi connectivity index (χ1n) is 6.56. The van der Waals surface area contributed by atoms with Crippen LogP contribution in [0.4, 0.5) is 18.9 Å². The van der Waals surface area contributed by atoms with Gasteiger partial charge in [-0.2, -0.15) is 13.2 Å². The van der Waals surface area contributed by atoms with Gasteiger partial charge in [0, 0.05) is 11.3 Å². The summed E-state index contributed by atoms with van der Waals surface area (Å²) in [5, 5.41) is 6.61. The van der Waals surface area contributed by atoms with Crippen molar-refractivity contribution in [2.45, 2.75) is 11.8 Å². The van der Waals surface area contributed by atoms with Crippen molar-refractivity contribution >= 4 is 17.3 Å². The molecule has 3 rings (SSSR count). The normalized spacial score (nSPS) is 16.6. The van der Waals surface area contributed by atoms with E-state index in [1.807, 2.05) is 0 Å². The zero-order chi connectivity index (χ0) is 15.8. The molecule has 0 saturated heterocycles. The summed E-state index contributed by atoms with van der Waals surface area (Å²) in [5.74, 6) is 0. The second-order valence-corrected chi connectivity index (χ2v) is 4.96. The molecule has 0 spiro atoms. The molecule has 0 bridgehead atoms. The van der Waals surface area contributed by atoms with E-state index < -0.39 is 11.8 Å². The van der Waals surface area contributed by atoms with E-state index >= 15 is 0 Å². The van der Waals surface area contributed by atoms with Gasteiger partial charge in [0.25, 0.3) is 0 Å². The highest BCUT2D eigenvalue weighted by molar-refractivity contribution is 5.88. The van der Waals surface area contributed by atoms with Gasteiger partial charge in [-0.1, -0.05) is 42.5 Å². The lowest BCUT2D eigenvalue weighted by atomic mass is 9.93. The molecule has 2 N–H and O–H groups in total. The van der Waals surface area contributed by atoms with E-state index in [1.165, 1.54) is 6.08 Å². The van der Waals surface area contributed by atoms with E-state index in [0.717, 1.165) is 0 Å². The molecule has 0 saturated carbocycles. The van der Waals surface area contributed by atoms with Crippen LogP contribution in [0.15, 0.2) is 64.8 Å². The topological polar surface area (TPSA) is 50.7 Å². The van der Waals surface area contributed by atoms with Gasteiger partial charge in [-0.3, -0.25) is 0 Å². The van der Waals surface area contributed by atoms with Gasteiger partial charge in [-0.15, -0.1) is 10.2 Å². The van der Waals surface area contributed by atoms with E-state index in [1.54, 1.807) is 54.6 Å². The predicted octanol–water partition coefficient (Wildman–Crippen LogP) is 4.53. The van der Waals surface area contributed by atoms with Crippen LogP contribution in [-0.2, 0) is 0 Å². The third-order valence-electron chi connectivity index (χ3n) is 3.40. The summed E-state index contributed by atoms with van der Waals surface area (Å²) >= 11 is 0. The van der Waals surface area contributed by atoms with Crippen LogP contribution in [0.5, 0.6) is 0 Å². The van der Waals surface area contributed by atoms with E-state index in [9.17, 15) is 13.2 Å². The number of anilines is 1. The van der Waals surface area contributed by atoms with Crippen molar-refractivity contribution in [3.8, 4) is 0 Å². The summed E-state index contributed by atoms with van der Waals surface area (Å²) < 4.78 is 40.1. The quantitative estimate of drug-likeness (QED) is 0.657. The molecule has 0 unspecified atom stereocenters. The first-order chi connectivity index (χ1) is 10.4. The lowest BCUT2D eigenvalue weighted by Crippen LogP contribution is -2.33. The molecule has 2 aromatic rings. The number of hydrogen-bond donors (Lipinski definition) is 1. The van der Waals surface area contributed by atoms with Crippen LogP contribution in [0.2, 0.25) is 0 Å². The van der Waals surface area contributed by atoms with Crippen LogP contribution in [0.3, 0.4) is 0 Å². The maximum Gasteiger partial charge on any atom is 0.442 e. The van der Waals surface area contributed by atoms with Crippen LogP contribution < -0.4 is 5.73 Å². The second kappa shape index (κ2) is 4.98. The van der Waals surface area contributed by atoms with Crippen LogP contribution in [0.25, 0.3) is 11.6 Å². The maximum atomic E-state index is 13.4. The lowest BCUT2D eigenvalue weighted by Gasteiger charge is -2.18. The third-order valence-corrected chi connectivity index (χ3v) is 3.40. The molecule has 1 heterocycles. The Bertz CT molecular complexity index is 725. The summed E-state index contributed by atoms with van der Waals surface area (Å²) in [4.78, 5) is 0. The average Bonchev–Trinajstić information content (AvgIpc) is 3.29. The Morgan fingerprint density at radius 2 is 1.55 bits per heavy atom. The number of hydrogen-bond acceptors (Lipinski definition) is 3. The first kappa shape index (κ1) is 14.3. The summed E-state index contributed by atoms with van der Waals surface area (Å²) in [6.07, 6.45) is -3.12. The SMILES string of the molecule is Nc1ccc(C=C(c2ccccc2)C2(C(F)(F)F)N=N2)cc1. The van der Waals surface area contributed by atoms with Gasteiger partial charge >= 0.3 is 11.8 Å².